The zero-order chi connectivity index (χ0) is 15.9. The summed E-state index contributed by atoms with van der Waals surface area (Å²) < 4.78 is 16.6. The monoisotopic (exact) mass is 369 g/mol. The highest BCUT2D eigenvalue weighted by atomic mass is 79.9. The topological polar surface area (TPSA) is 77.0 Å². The highest BCUT2D eigenvalue weighted by molar-refractivity contribution is 9.11. The van der Waals surface area contributed by atoms with Gasteiger partial charge in [-0.1, -0.05) is 40.2 Å². The molecule has 0 spiro atoms. The van der Waals surface area contributed by atoms with Crippen molar-refractivity contribution in [2.45, 2.75) is 18.8 Å². The summed E-state index contributed by atoms with van der Waals surface area (Å²) in [7, 11) is 1.61. The van der Waals surface area contributed by atoms with Crippen LogP contribution in [0.1, 0.15) is 5.56 Å². The Morgan fingerprint density at radius 3 is 2.73 bits per heavy atom. The van der Waals surface area contributed by atoms with E-state index < -0.39 is 18.3 Å². The van der Waals surface area contributed by atoms with E-state index in [1.54, 1.807) is 25.3 Å². The number of amides is 1. The van der Waals surface area contributed by atoms with Crippen LogP contribution in [-0.2, 0) is 16.1 Å². The summed E-state index contributed by atoms with van der Waals surface area (Å²) in [4.78, 5) is 11.2. The fourth-order valence-electron chi connectivity index (χ4n) is 1.93. The lowest BCUT2D eigenvalue weighted by molar-refractivity contribution is -0.0188. The molecule has 0 heterocycles. The van der Waals surface area contributed by atoms with Crippen LogP contribution in [0.25, 0.3) is 0 Å². The largest absolute Gasteiger partial charge is 0.497 e. The minimum Gasteiger partial charge on any atom is -0.497 e. The van der Waals surface area contributed by atoms with Crippen LogP contribution in [0, 0.1) is 0 Å². The summed E-state index contributed by atoms with van der Waals surface area (Å²) in [6.07, 6.45) is 3.28. The Kier molecular flexibility index (Phi) is 6.00. The van der Waals surface area contributed by atoms with Crippen molar-refractivity contribution in [1.29, 1.82) is 0 Å². The molecule has 1 aromatic carbocycles. The third-order valence-corrected chi connectivity index (χ3v) is 3.77. The van der Waals surface area contributed by atoms with Crippen LogP contribution < -0.4 is 10.2 Å². The molecule has 0 fully saturated rings. The van der Waals surface area contributed by atoms with Crippen molar-refractivity contribution in [3.8, 4) is 5.75 Å². The number of hydrogen-bond donors (Lipinski definition) is 2. The molecule has 6 nitrogen and oxygen atoms in total. The lowest BCUT2D eigenvalue weighted by Gasteiger charge is -2.26. The number of benzene rings is 1. The average Bonchev–Trinajstić information content (AvgIpc) is 2.55. The Morgan fingerprint density at radius 2 is 2.09 bits per heavy atom. The van der Waals surface area contributed by atoms with Gasteiger partial charge in [-0.15, -0.1) is 0 Å². The molecule has 0 saturated carbocycles. The third kappa shape index (κ3) is 4.33. The molecule has 1 amide bonds. The van der Waals surface area contributed by atoms with E-state index >= 15 is 0 Å². The van der Waals surface area contributed by atoms with Gasteiger partial charge in [0, 0.05) is 4.48 Å². The maximum Gasteiger partial charge on any atom is 0.431 e. The molecule has 1 aliphatic rings. The molecule has 0 bridgehead atoms. The Hall–Kier alpha value is -1.83. The molecule has 1 aliphatic carbocycles. The quantitative estimate of drug-likeness (QED) is 0.616. The number of ether oxygens (including phenoxy) is 3. The number of methoxy groups -OCH3 is 1. The van der Waals surface area contributed by atoms with E-state index in [0.717, 1.165) is 11.3 Å². The second-order valence-corrected chi connectivity index (χ2v) is 5.41. The molecule has 0 radical (unpaired) electrons. The molecule has 22 heavy (non-hydrogen) atoms. The van der Waals surface area contributed by atoms with E-state index in [9.17, 15) is 4.79 Å². The van der Waals surface area contributed by atoms with Crippen molar-refractivity contribution in [1.82, 2.24) is 5.48 Å². The minimum absolute atomic E-state index is 0.347. The number of nitrogens with one attached hydrogen (secondary N) is 1. The Morgan fingerprint density at radius 1 is 1.36 bits per heavy atom. The summed E-state index contributed by atoms with van der Waals surface area (Å²) in [6, 6.07) is 7.48. The number of halogens is 1. The van der Waals surface area contributed by atoms with Gasteiger partial charge in [-0.2, -0.15) is 0 Å². The maximum absolute atomic E-state index is 11.2. The summed E-state index contributed by atoms with van der Waals surface area (Å²) in [6.45, 7) is 0.347. The van der Waals surface area contributed by atoms with Gasteiger partial charge >= 0.3 is 6.09 Å². The number of carbonyl (C=O) groups is 1. The fraction of sp³-hybridized carbons (Fsp3) is 0.267. The number of hydroxylamine groups is 1. The van der Waals surface area contributed by atoms with Gasteiger partial charge in [0.05, 0.1) is 13.7 Å². The van der Waals surface area contributed by atoms with Crippen molar-refractivity contribution >= 4 is 22.0 Å². The zero-order valence-corrected chi connectivity index (χ0v) is 13.4. The number of hydrogen-bond acceptors (Lipinski definition) is 5. The zero-order valence-electron chi connectivity index (χ0n) is 11.9. The number of allylic oxidation sites excluding steroid dienone is 2. The summed E-state index contributed by atoms with van der Waals surface area (Å²) >= 11 is 3.32. The Labute approximate surface area is 136 Å². The molecule has 0 saturated heterocycles. The number of carbonyl (C=O) groups excluding carboxylic acids is 1. The van der Waals surface area contributed by atoms with Crippen LogP contribution in [-0.4, -0.2) is 30.6 Å². The van der Waals surface area contributed by atoms with Gasteiger partial charge in [0.15, 0.2) is 6.10 Å². The smallest absolute Gasteiger partial charge is 0.431 e. The van der Waals surface area contributed by atoms with Crippen molar-refractivity contribution < 1.29 is 24.2 Å². The van der Waals surface area contributed by atoms with E-state index in [0.29, 0.717) is 11.1 Å². The highest BCUT2D eigenvalue weighted by Gasteiger charge is 2.28. The summed E-state index contributed by atoms with van der Waals surface area (Å²) in [5, 5.41) is 8.57. The third-order valence-electron chi connectivity index (χ3n) is 3.05. The predicted molar refractivity (Wildman–Crippen MR) is 82.9 cm³/mol. The van der Waals surface area contributed by atoms with E-state index in [1.165, 1.54) is 5.48 Å². The normalized spacial score (nSPS) is 20.2. The lowest BCUT2D eigenvalue weighted by atomic mass is 10.1. The molecular formula is C15H16BrNO5. The Balaban J connectivity index is 1.98. The highest BCUT2D eigenvalue weighted by Crippen LogP contribution is 2.25. The first-order valence-corrected chi connectivity index (χ1v) is 7.32. The van der Waals surface area contributed by atoms with E-state index in [-0.39, 0.29) is 0 Å². The summed E-state index contributed by atoms with van der Waals surface area (Å²) in [5.41, 5.74) is 2.40. The average molecular weight is 370 g/mol. The molecule has 2 N–H and O–H groups in total. The predicted octanol–water partition coefficient (Wildman–Crippen LogP) is 2.91. The first-order valence-electron chi connectivity index (χ1n) is 6.53. The van der Waals surface area contributed by atoms with Gasteiger partial charge in [0.1, 0.15) is 11.9 Å². The van der Waals surface area contributed by atoms with Crippen molar-refractivity contribution in [2.75, 3.05) is 7.11 Å². The maximum atomic E-state index is 11.2. The van der Waals surface area contributed by atoms with Crippen LogP contribution in [0.4, 0.5) is 4.79 Å². The van der Waals surface area contributed by atoms with Crippen molar-refractivity contribution in [3.63, 3.8) is 0 Å². The minimum atomic E-state index is -0.941. The molecule has 2 atom stereocenters. The van der Waals surface area contributed by atoms with Crippen molar-refractivity contribution in [3.05, 3.63) is 52.5 Å². The van der Waals surface area contributed by atoms with E-state index in [2.05, 4.69) is 15.9 Å². The van der Waals surface area contributed by atoms with Crippen molar-refractivity contribution in [2.24, 2.45) is 0 Å². The number of rotatable bonds is 5. The van der Waals surface area contributed by atoms with Crippen LogP contribution in [0.3, 0.4) is 0 Å². The van der Waals surface area contributed by atoms with Gasteiger partial charge in [0.25, 0.3) is 0 Å². The second kappa shape index (κ2) is 7.98. The molecule has 118 valence electrons. The molecule has 7 heteroatoms. The van der Waals surface area contributed by atoms with Crippen LogP contribution in [0.2, 0.25) is 0 Å². The van der Waals surface area contributed by atoms with Crippen LogP contribution in [0.15, 0.2) is 47.0 Å². The van der Waals surface area contributed by atoms with Crippen LogP contribution in [0.5, 0.6) is 5.75 Å². The van der Waals surface area contributed by atoms with Gasteiger partial charge in [-0.25, -0.2) is 10.3 Å². The molecular weight excluding hydrogens is 354 g/mol. The molecule has 0 aromatic heterocycles. The second-order valence-electron chi connectivity index (χ2n) is 4.50. The first-order chi connectivity index (χ1) is 10.6. The van der Waals surface area contributed by atoms with Gasteiger partial charge in [-0.05, 0) is 23.8 Å². The van der Waals surface area contributed by atoms with Crippen LogP contribution >= 0.6 is 15.9 Å². The molecule has 2 rings (SSSR count). The standard InChI is InChI=1S/C15H16BrNO5/c1-20-11-7-5-10(6-8-11)9-21-13-4-2-3-12(16)14(13)22-15(18)17-19/h2-8,13-14,19H,9H2,1H3,(H,17,18)/t13-,14+/m0/s1. The van der Waals surface area contributed by atoms with Gasteiger partial charge in [-0.3, -0.25) is 5.21 Å². The van der Waals surface area contributed by atoms with Gasteiger partial charge in [0.2, 0.25) is 0 Å². The van der Waals surface area contributed by atoms with Gasteiger partial charge < -0.3 is 14.2 Å². The molecule has 0 unspecified atom stereocenters. The fourth-order valence-corrected chi connectivity index (χ4v) is 2.44. The van der Waals surface area contributed by atoms with E-state index in [1.807, 2.05) is 24.3 Å². The summed E-state index contributed by atoms with van der Waals surface area (Å²) in [5.74, 6) is 0.771. The molecule has 0 aliphatic heterocycles. The first kappa shape index (κ1) is 16.5. The SMILES string of the molecule is COc1ccc(CO[C@H]2C=CC=C(Br)[C@H]2OC(=O)NO)cc1. The Bertz CT molecular complexity index is 570. The lowest BCUT2D eigenvalue weighted by Crippen LogP contribution is -2.36. The molecule has 1 aromatic rings. The van der Waals surface area contributed by atoms with E-state index in [4.69, 9.17) is 19.4 Å².